The molecule has 2 aliphatic heterocycles. The number of piperazine rings is 2. The highest BCUT2D eigenvalue weighted by Gasteiger charge is 2.29. The summed E-state index contributed by atoms with van der Waals surface area (Å²) >= 11 is 12.5. The van der Waals surface area contributed by atoms with Crippen LogP contribution in [0.3, 0.4) is 0 Å². The zero-order chi connectivity index (χ0) is 19.5. The first kappa shape index (κ1) is 20.3. The average molecular weight is 425 g/mol. The normalized spacial score (nSPS) is 22.8. The van der Waals surface area contributed by atoms with Crippen molar-refractivity contribution in [3.05, 3.63) is 28.2 Å². The van der Waals surface area contributed by atoms with Gasteiger partial charge in [-0.3, -0.25) is 14.6 Å². The molecule has 0 atom stereocenters. The van der Waals surface area contributed by atoms with E-state index in [1.165, 1.54) is 25.7 Å². The second kappa shape index (κ2) is 9.21. The van der Waals surface area contributed by atoms with Gasteiger partial charge in [-0.2, -0.15) is 0 Å². The zero-order valence-electron chi connectivity index (χ0n) is 16.5. The van der Waals surface area contributed by atoms with Crippen LogP contribution in [-0.4, -0.2) is 85.6 Å². The summed E-state index contributed by atoms with van der Waals surface area (Å²) in [6, 6.07) is 6.53. The van der Waals surface area contributed by atoms with Crippen LogP contribution in [0, 0.1) is 0 Å². The Kier molecular flexibility index (Phi) is 6.66. The Balaban J connectivity index is 1.22. The number of nitrogens with zero attached hydrogens (tertiary/aromatic N) is 4. The summed E-state index contributed by atoms with van der Waals surface area (Å²) in [5, 5.41) is 1.21. The van der Waals surface area contributed by atoms with Crippen LogP contribution >= 0.6 is 23.2 Å². The van der Waals surface area contributed by atoms with Gasteiger partial charge in [0.15, 0.2) is 0 Å². The number of carbonyl (C=O) groups excluding carboxylic acids is 1. The van der Waals surface area contributed by atoms with E-state index in [1.807, 2.05) is 18.2 Å². The van der Waals surface area contributed by atoms with E-state index in [-0.39, 0.29) is 5.91 Å². The van der Waals surface area contributed by atoms with Crippen molar-refractivity contribution in [3.63, 3.8) is 0 Å². The molecule has 0 bridgehead atoms. The molecule has 2 heterocycles. The molecule has 0 unspecified atom stereocenters. The molecule has 28 heavy (non-hydrogen) atoms. The second-order valence-electron chi connectivity index (χ2n) is 8.19. The lowest BCUT2D eigenvalue weighted by atomic mass is 10.2. The molecule has 0 spiro atoms. The average Bonchev–Trinajstić information content (AvgIpc) is 3.26. The summed E-state index contributed by atoms with van der Waals surface area (Å²) in [4.78, 5) is 21.9. The van der Waals surface area contributed by atoms with Gasteiger partial charge in [-0.1, -0.05) is 42.1 Å². The largest absolute Gasteiger partial charge is 0.368 e. The third-order valence-electron chi connectivity index (χ3n) is 6.51. The van der Waals surface area contributed by atoms with Crippen molar-refractivity contribution in [3.8, 4) is 0 Å². The number of hydrogen-bond acceptors (Lipinski definition) is 4. The lowest BCUT2D eigenvalue weighted by molar-refractivity contribution is -0.134. The molecule has 4 rings (SSSR count). The maximum atomic E-state index is 12.8. The number of rotatable bonds is 4. The van der Waals surface area contributed by atoms with E-state index < -0.39 is 0 Å². The lowest BCUT2D eigenvalue weighted by Crippen LogP contribution is -2.55. The van der Waals surface area contributed by atoms with Gasteiger partial charge >= 0.3 is 0 Å². The molecule has 2 saturated heterocycles. The molecular formula is C21H30Cl2N4O. The predicted octanol–water partition coefficient (Wildman–Crippen LogP) is 3.20. The number of amides is 1. The molecule has 3 aliphatic rings. The summed E-state index contributed by atoms with van der Waals surface area (Å²) in [6.45, 7) is 7.84. The summed E-state index contributed by atoms with van der Waals surface area (Å²) in [6.07, 6.45) is 5.43. The van der Waals surface area contributed by atoms with Crippen molar-refractivity contribution < 1.29 is 4.79 Å². The smallest absolute Gasteiger partial charge is 0.236 e. The Hall–Kier alpha value is -1.01. The SMILES string of the molecule is O=C(CN1CCN(c2cccc(Cl)c2Cl)CC1)N1CCN(C2CCCC2)CC1. The summed E-state index contributed by atoms with van der Waals surface area (Å²) in [5.74, 6) is 0.278. The van der Waals surface area contributed by atoms with E-state index in [1.54, 1.807) is 0 Å². The molecule has 0 aromatic heterocycles. The summed E-state index contributed by atoms with van der Waals surface area (Å²) < 4.78 is 0. The van der Waals surface area contributed by atoms with E-state index in [4.69, 9.17) is 23.2 Å². The minimum atomic E-state index is 0.278. The van der Waals surface area contributed by atoms with Crippen LogP contribution in [0.4, 0.5) is 5.69 Å². The third-order valence-corrected chi connectivity index (χ3v) is 7.32. The highest BCUT2D eigenvalue weighted by atomic mass is 35.5. The van der Waals surface area contributed by atoms with Crippen molar-refractivity contribution in [1.82, 2.24) is 14.7 Å². The van der Waals surface area contributed by atoms with E-state index in [0.717, 1.165) is 64.1 Å². The fourth-order valence-electron chi connectivity index (χ4n) is 4.78. The summed E-state index contributed by atoms with van der Waals surface area (Å²) in [7, 11) is 0. The predicted molar refractivity (Wildman–Crippen MR) is 116 cm³/mol. The fraction of sp³-hybridized carbons (Fsp3) is 0.667. The van der Waals surface area contributed by atoms with Gasteiger partial charge in [-0.25, -0.2) is 0 Å². The van der Waals surface area contributed by atoms with Crippen LogP contribution in [0.1, 0.15) is 25.7 Å². The van der Waals surface area contributed by atoms with Gasteiger partial charge in [0.2, 0.25) is 5.91 Å². The Morgan fingerprint density at radius 2 is 1.61 bits per heavy atom. The van der Waals surface area contributed by atoms with Crippen molar-refractivity contribution in [2.75, 3.05) is 63.8 Å². The Morgan fingerprint density at radius 1 is 0.929 bits per heavy atom. The monoisotopic (exact) mass is 424 g/mol. The molecule has 0 radical (unpaired) electrons. The second-order valence-corrected chi connectivity index (χ2v) is 8.98. The Labute approximate surface area is 178 Å². The molecule has 1 aromatic carbocycles. The molecule has 1 aliphatic carbocycles. The minimum Gasteiger partial charge on any atom is -0.368 e. The van der Waals surface area contributed by atoms with Crippen LogP contribution in [-0.2, 0) is 4.79 Å². The highest BCUT2D eigenvalue weighted by molar-refractivity contribution is 6.43. The van der Waals surface area contributed by atoms with E-state index >= 15 is 0 Å². The quantitative estimate of drug-likeness (QED) is 0.741. The van der Waals surface area contributed by atoms with Gasteiger partial charge < -0.3 is 9.80 Å². The van der Waals surface area contributed by atoms with Crippen LogP contribution in [0.15, 0.2) is 18.2 Å². The first-order chi connectivity index (χ1) is 13.6. The van der Waals surface area contributed by atoms with E-state index in [2.05, 4.69) is 19.6 Å². The van der Waals surface area contributed by atoms with Crippen molar-refractivity contribution >= 4 is 34.8 Å². The zero-order valence-corrected chi connectivity index (χ0v) is 18.0. The first-order valence-electron chi connectivity index (χ1n) is 10.5. The highest BCUT2D eigenvalue weighted by Crippen LogP contribution is 2.32. The number of hydrogen-bond donors (Lipinski definition) is 0. The number of halogens is 2. The molecule has 1 aromatic rings. The van der Waals surface area contributed by atoms with Crippen LogP contribution in [0.2, 0.25) is 10.0 Å². The van der Waals surface area contributed by atoms with Crippen LogP contribution < -0.4 is 4.90 Å². The number of anilines is 1. The minimum absolute atomic E-state index is 0.278. The van der Waals surface area contributed by atoms with Gasteiger partial charge in [0.05, 0.1) is 22.3 Å². The molecular weight excluding hydrogens is 395 g/mol. The van der Waals surface area contributed by atoms with Gasteiger partial charge in [-0.15, -0.1) is 0 Å². The van der Waals surface area contributed by atoms with Crippen LogP contribution in [0.25, 0.3) is 0 Å². The first-order valence-corrected chi connectivity index (χ1v) is 11.3. The molecule has 1 amide bonds. The lowest BCUT2D eigenvalue weighted by Gasteiger charge is -2.40. The Bertz CT molecular complexity index is 679. The van der Waals surface area contributed by atoms with Gasteiger partial charge in [-0.05, 0) is 25.0 Å². The third kappa shape index (κ3) is 4.59. The van der Waals surface area contributed by atoms with E-state index in [0.29, 0.717) is 16.6 Å². The summed E-state index contributed by atoms with van der Waals surface area (Å²) in [5.41, 5.74) is 0.989. The maximum Gasteiger partial charge on any atom is 0.236 e. The van der Waals surface area contributed by atoms with E-state index in [9.17, 15) is 4.79 Å². The maximum absolute atomic E-state index is 12.8. The van der Waals surface area contributed by atoms with Gasteiger partial charge in [0.1, 0.15) is 0 Å². The van der Waals surface area contributed by atoms with Crippen LogP contribution in [0.5, 0.6) is 0 Å². The topological polar surface area (TPSA) is 30.0 Å². The molecule has 0 N–H and O–H groups in total. The molecule has 3 fully saturated rings. The molecule has 154 valence electrons. The van der Waals surface area contributed by atoms with Crippen molar-refractivity contribution in [2.24, 2.45) is 0 Å². The fourth-order valence-corrected chi connectivity index (χ4v) is 5.20. The molecule has 7 heteroatoms. The van der Waals surface area contributed by atoms with Crippen molar-refractivity contribution in [2.45, 2.75) is 31.7 Å². The number of carbonyl (C=O) groups is 1. The number of benzene rings is 1. The standard InChI is InChI=1S/C21H30Cl2N4O/c22-18-6-3-7-19(21(18)23)26-10-8-24(9-11-26)16-20(28)27-14-12-25(13-15-27)17-4-1-2-5-17/h3,6-7,17H,1-2,4-5,8-16H2. The van der Waals surface area contributed by atoms with Gasteiger partial charge in [0.25, 0.3) is 0 Å². The Morgan fingerprint density at radius 3 is 2.29 bits per heavy atom. The van der Waals surface area contributed by atoms with Crippen molar-refractivity contribution in [1.29, 1.82) is 0 Å². The molecule has 1 saturated carbocycles. The van der Waals surface area contributed by atoms with Gasteiger partial charge in [0, 0.05) is 58.4 Å². The molecule has 5 nitrogen and oxygen atoms in total.